The molecule has 0 unspecified atom stereocenters. The molecule has 0 bridgehead atoms. The van der Waals surface area contributed by atoms with E-state index >= 15 is 0 Å². The molecule has 2 nitrogen and oxygen atoms in total. The highest BCUT2D eigenvalue weighted by molar-refractivity contribution is 7.99. The summed E-state index contributed by atoms with van der Waals surface area (Å²) in [7, 11) is 0. The lowest BCUT2D eigenvalue weighted by Crippen LogP contribution is -2.08. The van der Waals surface area contributed by atoms with Crippen LogP contribution < -0.4 is 0 Å². The van der Waals surface area contributed by atoms with E-state index in [4.69, 9.17) is 10.2 Å². The first-order valence-corrected chi connectivity index (χ1v) is 4.22. The van der Waals surface area contributed by atoms with Crippen molar-refractivity contribution in [2.45, 2.75) is 26.1 Å². The van der Waals surface area contributed by atoms with E-state index in [-0.39, 0.29) is 12.2 Å². The minimum absolute atomic E-state index is 0.256. The molecule has 56 valence electrons. The summed E-state index contributed by atoms with van der Waals surface area (Å²) in [5.41, 5.74) is 0. The number of hydrogen-bond acceptors (Lipinski definition) is 3. The molecule has 3 heteroatoms. The Hall–Kier alpha value is 0.270. The van der Waals surface area contributed by atoms with Gasteiger partial charge in [-0.25, -0.2) is 0 Å². The van der Waals surface area contributed by atoms with Crippen molar-refractivity contribution in [2.24, 2.45) is 0 Å². The second kappa shape index (κ2) is 5.09. The maximum atomic E-state index is 8.76. The molecule has 0 aliphatic rings. The zero-order valence-corrected chi connectivity index (χ0v) is 6.69. The van der Waals surface area contributed by atoms with Gasteiger partial charge in [0.1, 0.15) is 0 Å². The molecule has 0 rings (SSSR count). The molecule has 0 spiro atoms. The van der Waals surface area contributed by atoms with Crippen LogP contribution in [0, 0.1) is 0 Å². The number of aliphatic hydroxyl groups is 2. The van der Waals surface area contributed by atoms with Gasteiger partial charge in [-0.1, -0.05) is 0 Å². The van der Waals surface area contributed by atoms with E-state index in [0.717, 1.165) is 0 Å². The summed E-state index contributed by atoms with van der Waals surface area (Å²) in [6, 6.07) is 0. The zero-order valence-electron chi connectivity index (χ0n) is 5.87. The number of hydrogen-bond donors (Lipinski definition) is 2. The summed E-state index contributed by atoms with van der Waals surface area (Å²) < 4.78 is 0. The molecule has 9 heavy (non-hydrogen) atoms. The molecule has 0 aromatic heterocycles. The van der Waals surface area contributed by atoms with Gasteiger partial charge in [0.25, 0.3) is 0 Å². The monoisotopic (exact) mass is 150 g/mol. The number of aliphatic hydroxyl groups excluding tert-OH is 2. The van der Waals surface area contributed by atoms with Gasteiger partial charge in [0, 0.05) is 11.5 Å². The highest BCUT2D eigenvalue weighted by Gasteiger charge is 1.98. The third-order valence-electron chi connectivity index (χ3n) is 0.718. The molecular formula is C6H14O2S. The first-order chi connectivity index (χ1) is 4.13. The van der Waals surface area contributed by atoms with Crippen LogP contribution in [-0.4, -0.2) is 33.9 Å². The molecule has 0 aliphatic carbocycles. The largest absolute Gasteiger partial charge is 0.393 e. The smallest absolute Gasteiger partial charge is 0.0602 e. The first-order valence-electron chi connectivity index (χ1n) is 3.06. The van der Waals surface area contributed by atoms with E-state index in [1.165, 1.54) is 0 Å². The Balaban J connectivity index is 2.91. The van der Waals surface area contributed by atoms with Crippen LogP contribution in [0.5, 0.6) is 0 Å². The lowest BCUT2D eigenvalue weighted by atomic mass is 10.5. The van der Waals surface area contributed by atoms with Crippen molar-refractivity contribution in [2.75, 3.05) is 11.5 Å². The van der Waals surface area contributed by atoms with Crippen LogP contribution in [-0.2, 0) is 0 Å². The van der Waals surface area contributed by atoms with Crippen LogP contribution in [0.1, 0.15) is 13.8 Å². The quantitative estimate of drug-likeness (QED) is 0.612. The lowest BCUT2D eigenvalue weighted by Gasteiger charge is -2.04. The van der Waals surface area contributed by atoms with Crippen molar-refractivity contribution in [3.8, 4) is 0 Å². The summed E-state index contributed by atoms with van der Waals surface area (Å²) in [5.74, 6) is 1.43. The molecule has 0 amide bonds. The maximum absolute atomic E-state index is 8.76. The lowest BCUT2D eigenvalue weighted by molar-refractivity contribution is 0.215. The third kappa shape index (κ3) is 8.27. The van der Waals surface area contributed by atoms with Crippen LogP contribution in [0.15, 0.2) is 0 Å². The highest BCUT2D eigenvalue weighted by atomic mass is 32.2. The molecule has 0 saturated carbocycles. The van der Waals surface area contributed by atoms with Gasteiger partial charge >= 0.3 is 0 Å². The van der Waals surface area contributed by atoms with Gasteiger partial charge in [-0.05, 0) is 13.8 Å². The van der Waals surface area contributed by atoms with E-state index in [2.05, 4.69) is 0 Å². The topological polar surface area (TPSA) is 40.5 Å². The number of rotatable bonds is 4. The summed E-state index contributed by atoms with van der Waals surface area (Å²) >= 11 is 1.57. The van der Waals surface area contributed by atoms with Crippen molar-refractivity contribution < 1.29 is 10.2 Å². The zero-order chi connectivity index (χ0) is 7.28. The van der Waals surface area contributed by atoms with Crippen LogP contribution in [0.4, 0.5) is 0 Å². The molecule has 0 aromatic carbocycles. The third-order valence-corrected chi connectivity index (χ3v) is 2.15. The van der Waals surface area contributed by atoms with Crippen molar-refractivity contribution >= 4 is 11.8 Å². The Labute approximate surface area is 60.3 Å². The second-order valence-electron chi connectivity index (χ2n) is 2.24. The van der Waals surface area contributed by atoms with E-state index in [1.54, 1.807) is 25.6 Å². The van der Waals surface area contributed by atoms with Crippen molar-refractivity contribution in [3.63, 3.8) is 0 Å². The van der Waals surface area contributed by atoms with Crippen molar-refractivity contribution in [1.29, 1.82) is 0 Å². The van der Waals surface area contributed by atoms with Crippen LogP contribution >= 0.6 is 11.8 Å². The molecule has 2 atom stereocenters. The van der Waals surface area contributed by atoms with Gasteiger partial charge in [0.2, 0.25) is 0 Å². The Morgan fingerprint density at radius 2 is 1.44 bits per heavy atom. The average molecular weight is 150 g/mol. The summed E-state index contributed by atoms with van der Waals surface area (Å²) in [5, 5.41) is 17.5. The van der Waals surface area contributed by atoms with Crippen LogP contribution in [0.2, 0.25) is 0 Å². The summed E-state index contributed by atoms with van der Waals surface area (Å²) in [6.07, 6.45) is -0.512. The van der Waals surface area contributed by atoms with Gasteiger partial charge in [-0.3, -0.25) is 0 Å². The van der Waals surface area contributed by atoms with Crippen LogP contribution in [0.3, 0.4) is 0 Å². The molecule has 0 saturated heterocycles. The fourth-order valence-electron chi connectivity index (χ4n) is 0.409. The van der Waals surface area contributed by atoms with Gasteiger partial charge < -0.3 is 10.2 Å². The van der Waals surface area contributed by atoms with Gasteiger partial charge in [-0.15, -0.1) is 0 Å². The van der Waals surface area contributed by atoms with Crippen LogP contribution in [0.25, 0.3) is 0 Å². The molecule has 2 N–H and O–H groups in total. The highest BCUT2D eigenvalue weighted by Crippen LogP contribution is 2.03. The second-order valence-corrected chi connectivity index (χ2v) is 3.31. The Kier molecular flexibility index (Phi) is 5.24. The van der Waals surface area contributed by atoms with E-state index < -0.39 is 0 Å². The molecule has 0 aliphatic heterocycles. The number of thioether (sulfide) groups is 1. The van der Waals surface area contributed by atoms with E-state index in [1.807, 2.05) is 0 Å². The minimum Gasteiger partial charge on any atom is -0.393 e. The van der Waals surface area contributed by atoms with Gasteiger partial charge in [0.05, 0.1) is 12.2 Å². The predicted molar refractivity (Wildman–Crippen MR) is 40.7 cm³/mol. The summed E-state index contributed by atoms with van der Waals surface area (Å²) in [4.78, 5) is 0. The maximum Gasteiger partial charge on any atom is 0.0602 e. The molecule has 0 radical (unpaired) electrons. The SMILES string of the molecule is C[C@H](O)CSC[C@@H](C)O. The normalized spacial score (nSPS) is 17.3. The molecule has 0 heterocycles. The predicted octanol–water partition coefficient (Wildman–Crippen LogP) is 0.481. The molecule has 0 fully saturated rings. The first kappa shape index (κ1) is 9.27. The minimum atomic E-state index is -0.256. The molecule has 0 aromatic rings. The fraction of sp³-hybridized carbons (Fsp3) is 1.00. The van der Waals surface area contributed by atoms with E-state index in [0.29, 0.717) is 11.5 Å². The Bertz CT molecular complexity index is 56.1. The van der Waals surface area contributed by atoms with E-state index in [9.17, 15) is 0 Å². The fourth-order valence-corrected chi connectivity index (χ4v) is 1.23. The Morgan fingerprint density at radius 1 is 1.11 bits per heavy atom. The van der Waals surface area contributed by atoms with Crippen molar-refractivity contribution in [3.05, 3.63) is 0 Å². The molecular weight excluding hydrogens is 136 g/mol. The average Bonchev–Trinajstić information content (AvgIpc) is 1.63. The van der Waals surface area contributed by atoms with Gasteiger partial charge in [0.15, 0.2) is 0 Å². The Morgan fingerprint density at radius 3 is 1.67 bits per heavy atom. The standard InChI is InChI=1S/C6H14O2S/c1-5(7)3-9-4-6(2)8/h5-8H,3-4H2,1-2H3/t5-,6+. The van der Waals surface area contributed by atoms with Crippen molar-refractivity contribution in [1.82, 2.24) is 0 Å². The summed E-state index contributed by atoms with van der Waals surface area (Å²) in [6.45, 7) is 3.49. The van der Waals surface area contributed by atoms with Gasteiger partial charge in [-0.2, -0.15) is 11.8 Å².